The van der Waals surface area contributed by atoms with Crippen molar-refractivity contribution in [2.24, 2.45) is 5.73 Å². The minimum Gasteiger partial charge on any atom is -0.383 e. The molecule has 2 aliphatic rings. The van der Waals surface area contributed by atoms with Crippen LogP contribution in [0.3, 0.4) is 0 Å². The molecule has 4 N–H and O–H groups in total. The number of ether oxygens (including phenoxy) is 1. The van der Waals surface area contributed by atoms with Crippen molar-refractivity contribution >= 4 is 16.9 Å². The van der Waals surface area contributed by atoms with E-state index >= 15 is 0 Å². The van der Waals surface area contributed by atoms with Crippen LogP contribution in [-0.2, 0) is 4.74 Å². The van der Waals surface area contributed by atoms with Crippen LogP contribution in [0.15, 0.2) is 35.2 Å². The van der Waals surface area contributed by atoms with Gasteiger partial charge in [-0.3, -0.25) is 4.98 Å². The Bertz CT molecular complexity index is 1280. The second kappa shape index (κ2) is 8.20. The number of fused-ring (bicyclic) bond motifs is 1. The van der Waals surface area contributed by atoms with Gasteiger partial charge in [0.1, 0.15) is 29.3 Å². The van der Waals surface area contributed by atoms with E-state index in [1.807, 2.05) is 22.9 Å². The Morgan fingerprint density at radius 3 is 2.79 bits per heavy atom. The maximum absolute atomic E-state index is 6.35. The normalized spacial score (nSPS) is 20.6. The smallest absolute Gasteiger partial charge is 0.164 e. The molecule has 10 nitrogen and oxygen atoms in total. The van der Waals surface area contributed by atoms with E-state index in [2.05, 4.69) is 20.1 Å². The molecule has 2 aliphatic carbocycles. The predicted molar refractivity (Wildman–Crippen MR) is 122 cm³/mol. The molecule has 0 unspecified atom stereocenters. The fourth-order valence-electron chi connectivity index (χ4n) is 4.79. The van der Waals surface area contributed by atoms with Crippen molar-refractivity contribution in [3.05, 3.63) is 36.5 Å². The number of nitrogens with two attached hydrogens (primary N) is 2. The first-order chi connectivity index (χ1) is 16.2. The van der Waals surface area contributed by atoms with E-state index in [1.165, 1.54) is 6.33 Å². The summed E-state index contributed by atoms with van der Waals surface area (Å²) in [5.74, 6) is 1.59. The highest BCUT2D eigenvalue weighted by Crippen LogP contribution is 2.48. The first-order valence-corrected chi connectivity index (χ1v) is 11.5. The number of nitrogen functional groups attached to an aromatic ring is 1. The van der Waals surface area contributed by atoms with Gasteiger partial charge in [0, 0.05) is 18.7 Å². The SMILES string of the molecule is NCCO[C@@H]1CC[C@H](n2nc(-c3noc(C4CC4)c3-c3ccccn3)c3c(N)ncnc32)C1. The van der Waals surface area contributed by atoms with Gasteiger partial charge in [0.15, 0.2) is 5.65 Å². The number of rotatable bonds is 7. The van der Waals surface area contributed by atoms with Crippen LogP contribution >= 0.6 is 0 Å². The number of hydrogen-bond acceptors (Lipinski definition) is 9. The van der Waals surface area contributed by atoms with Crippen LogP contribution in [0.2, 0.25) is 0 Å². The minimum absolute atomic E-state index is 0.145. The van der Waals surface area contributed by atoms with Crippen molar-refractivity contribution in [1.82, 2.24) is 29.9 Å². The molecule has 4 aromatic heterocycles. The zero-order valence-electron chi connectivity index (χ0n) is 18.2. The average Bonchev–Trinajstić information content (AvgIpc) is 3.25. The molecule has 2 fully saturated rings. The largest absolute Gasteiger partial charge is 0.383 e. The molecule has 2 saturated carbocycles. The van der Waals surface area contributed by atoms with Crippen LogP contribution in [0.25, 0.3) is 33.7 Å². The highest BCUT2D eigenvalue weighted by Gasteiger charge is 2.36. The topological polar surface area (TPSA) is 144 Å². The Labute approximate surface area is 190 Å². The van der Waals surface area contributed by atoms with Crippen molar-refractivity contribution in [3.63, 3.8) is 0 Å². The lowest BCUT2D eigenvalue weighted by Gasteiger charge is -2.13. The molecule has 0 spiro atoms. The third-order valence-electron chi connectivity index (χ3n) is 6.50. The predicted octanol–water partition coefficient (Wildman–Crippen LogP) is 3.07. The Morgan fingerprint density at radius 2 is 2.00 bits per heavy atom. The maximum Gasteiger partial charge on any atom is 0.164 e. The molecule has 6 rings (SSSR count). The van der Waals surface area contributed by atoms with E-state index in [0.29, 0.717) is 47.3 Å². The molecule has 4 heterocycles. The van der Waals surface area contributed by atoms with Gasteiger partial charge in [-0.15, -0.1) is 0 Å². The summed E-state index contributed by atoms with van der Waals surface area (Å²) in [6.07, 6.45) is 8.33. The van der Waals surface area contributed by atoms with Gasteiger partial charge in [0.25, 0.3) is 0 Å². The lowest BCUT2D eigenvalue weighted by molar-refractivity contribution is 0.0613. The van der Waals surface area contributed by atoms with Gasteiger partial charge in [-0.25, -0.2) is 14.6 Å². The van der Waals surface area contributed by atoms with Crippen molar-refractivity contribution in [3.8, 4) is 22.6 Å². The van der Waals surface area contributed by atoms with Gasteiger partial charge in [-0.05, 0) is 44.2 Å². The summed E-state index contributed by atoms with van der Waals surface area (Å²) in [5.41, 5.74) is 15.6. The fourth-order valence-corrected chi connectivity index (χ4v) is 4.79. The number of hydrogen-bond donors (Lipinski definition) is 2. The number of pyridine rings is 1. The highest BCUT2D eigenvalue weighted by molar-refractivity contribution is 6.00. The summed E-state index contributed by atoms with van der Waals surface area (Å²) >= 11 is 0. The van der Waals surface area contributed by atoms with E-state index in [-0.39, 0.29) is 12.1 Å². The number of anilines is 1. The van der Waals surface area contributed by atoms with Crippen LogP contribution in [0.1, 0.15) is 49.8 Å². The molecular formula is C23H26N8O2. The molecule has 4 aromatic rings. The van der Waals surface area contributed by atoms with Crippen molar-refractivity contribution in [1.29, 1.82) is 0 Å². The highest BCUT2D eigenvalue weighted by atomic mass is 16.5. The molecule has 0 amide bonds. The Morgan fingerprint density at radius 1 is 1.09 bits per heavy atom. The molecular weight excluding hydrogens is 420 g/mol. The van der Waals surface area contributed by atoms with E-state index < -0.39 is 0 Å². The average molecular weight is 447 g/mol. The van der Waals surface area contributed by atoms with E-state index in [0.717, 1.165) is 49.1 Å². The Balaban J connectivity index is 1.48. The number of nitrogens with zero attached hydrogens (tertiary/aromatic N) is 6. The van der Waals surface area contributed by atoms with Crippen molar-refractivity contribution in [2.75, 3.05) is 18.9 Å². The quantitative estimate of drug-likeness (QED) is 0.437. The second-order valence-corrected chi connectivity index (χ2v) is 8.76. The molecule has 0 saturated heterocycles. The monoisotopic (exact) mass is 446 g/mol. The fraction of sp³-hybridized carbons (Fsp3) is 0.435. The molecule has 0 bridgehead atoms. The summed E-state index contributed by atoms with van der Waals surface area (Å²) in [6, 6.07) is 5.97. The summed E-state index contributed by atoms with van der Waals surface area (Å²) < 4.78 is 13.7. The standard InChI is InChI=1S/C23H26N8O2/c24-8-10-32-15-7-6-14(11-15)31-23-18(22(25)27-12-28-23)19(29-31)20-17(16-3-1-2-9-26-16)21(33-30-20)13-4-5-13/h1-3,9,12-15H,4-8,10-11,24H2,(H2,25,27,28)/t14-,15+/m0/s1. The third kappa shape index (κ3) is 3.55. The Hall–Kier alpha value is -3.37. The minimum atomic E-state index is 0.145. The second-order valence-electron chi connectivity index (χ2n) is 8.76. The zero-order chi connectivity index (χ0) is 22.4. The molecule has 0 radical (unpaired) electrons. The lowest BCUT2D eigenvalue weighted by Crippen LogP contribution is -2.16. The van der Waals surface area contributed by atoms with Gasteiger partial charge >= 0.3 is 0 Å². The van der Waals surface area contributed by atoms with Crippen LogP contribution in [-0.4, -0.2) is 49.1 Å². The molecule has 0 aromatic carbocycles. The van der Waals surface area contributed by atoms with Crippen LogP contribution in [0, 0.1) is 0 Å². The van der Waals surface area contributed by atoms with Crippen LogP contribution < -0.4 is 11.5 Å². The molecule has 33 heavy (non-hydrogen) atoms. The first kappa shape index (κ1) is 20.3. The van der Waals surface area contributed by atoms with Gasteiger partial charge in [-0.2, -0.15) is 5.10 Å². The molecule has 170 valence electrons. The summed E-state index contributed by atoms with van der Waals surface area (Å²) in [6.45, 7) is 1.08. The van der Waals surface area contributed by atoms with E-state index in [9.17, 15) is 0 Å². The zero-order valence-corrected chi connectivity index (χ0v) is 18.2. The summed E-state index contributed by atoms with van der Waals surface area (Å²) in [4.78, 5) is 13.4. The third-order valence-corrected chi connectivity index (χ3v) is 6.50. The number of aromatic nitrogens is 6. The van der Waals surface area contributed by atoms with E-state index in [4.69, 9.17) is 25.8 Å². The van der Waals surface area contributed by atoms with Crippen LogP contribution in [0.5, 0.6) is 0 Å². The first-order valence-electron chi connectivity index (χ1n) is 11.5. The van der Waals surface area contributed by atoms with Crippen molar-refractivity contribution < 1.29 is 9.26 Å². The molecule has 0 aliphatic heterocycles. The van der Waals surface area contributed by atoms with Crippen LogP contribution in [0.4, 0.5) is 5.82 Å². The van der Waals surface area contributed by atoms with Gasteiger partial charge in [-0.1, -0.05) is 11.2 Å². The van der Waals surface area contributed by atoms with Gasteiger partial charge in [0.2, 0.25) is 0 Å². The van der Waals surface area contributed by atoms with Crippen molar-refractivity contribution in [2.45, 2.75) is 50.2 Å². The summed E-state index contributed by atoms with van der Waals surface area (Å²) in [7, 11) is 0. The van der Waals surface area contributed by atoms with E-state index in [1.54, 1.807) is 6.20 Å². The Kier molecular flexibility index (Phi) is 5.03. The summed E-state index contributed by atoms with van der Waals surface area (Å²) in [5, 5.41) is 10.2. The molecule has 10 heteroatoms. The lowest BCUT2D eigenvalue weighted by atomic mass is 10.0. The van der Waals surface area contributed by atoms with Gasteiger partial charge < -0.3 is 20.7 Å². The molecule has 2 atom stereocenters. The van der Waals surface area contributed by atoms with Gasteiger partial charge in [0.05, 0.1) is 35.4 Å². The maximum atomic E-state index is 6.35.